The summed E-state index contributed by atoms with van der Waals surface area (Å²) in [6, 6.07) is 18.7. The van der Waals surface area contributed by atoms with E-state index in [1.807, 2.05) is 12.1 Å². The van der Waals surface area contributed by atoms with Crippen LogP contribution in [0.1, 0.15) is 42.7 Å². The van der Waals surface area contributed by atoms with Gasteiger partial charge in [0.15, 0.2) is 0 Å². The molecule has 0 heterocycles. The molecule has 2 heteroatoms. The van der Waals surface area contributed by atoms with Gasteiger partial charge in [-0.1, -0.05) is 42.5 Å². The van der Waals surface area contributed by atoms with E-state index in [0.717, 1.165) is 25.7 Å². The van der Waals surface area contributed by atoms with Gasteiger partial charge in [0.25, 0.3) is 0 Å². The van der Waals surface area contributed by atoms with E-state index in [-0.39, 0.29) is 5.54 Å². The minimum Gasteiger partial charge on any atom is -0.508 e. The molecule has 22 heavy (non-hydrogen) atoms. The van der Waals surface area contributed by atoms with Gasteiger partial charge in [-0.15, -0.1) is 0 Å². The Labute approximate surface area is 133 Å². The van der Waals surface area contributed by atoms with Crippen LogP contribution in [0.4, 0.5) is 0 Å². The summed E-state index contributed by atoms with van der Waals surface area (Å²) in [4.78, 5) is 2.39. The van der Waals surface area contributed by atoms with E-state index in [9.17, 15) is 5.11 Å². The molecule has 0 amide bonds. The maximum atomic E-state index is 9.70. The highest BCUT2D eigenvalue weighted by molar-refractivity contribution is 5.31. The molecule has 116 valence electrons. The predicted molar refractivity (Wildman–Crippen MR) is 91.1 cm³/mol. The molecule has 2 nitrogen and oxygen atoms in total. The van der Waals surface area contributed by atoms with E-state index in [1.165, 1.54) is 11.1 Å². The van der Waals surface area contributed by atoms with Crippen LogP contribution < -0.4 is 0 Å². The topological polar surface area (TPSA) is 23.5 Å². The largest absolute Gasteiger partial charge is 0.508 e. The molecule has 1 aliphatic rings. The summed E-state index contributed by atoms with van der Waals surface area (Å²) >= 11 is 0. The Balaban J connectivity index is 1.82. The lowest BCUT2D eigenvalue weighted by Crippen LogP contribution is -2.44. The van der Waals surface area contributed by atoms with Crippen molar-refractivity contribution in [3.8, 4) is 5.75 Å². The molecule has 0 unspecified atom stereocenters. The normalized spacial score (nSPS) is 25.3. The van der Waals surface area contributed by atoms with Gasteiger partial charge in [-0.2, -0.15) is 0 Å². The average Bonchev–Trinajstić information content (AvgIpc) is 2.55. The van der Waals surface area contributed by atoms with Crippen molar-refractivity contribution in [2.75, 3.05) is 14.1 Å². The lowest BCUT2D eigenvalue weighted by Gasteiger charge is -2.45. The van der Waals surface area contributed by atoms with E-state index >= 15 is 0 Å². The third-order valence-electron chi connectivity index (χ3n) is 5.32. The first kappa shape index (κ1) is 15.1. The monoisotopic (exact) mass is 295 g/mol. The fourth-order valence-electron chi connectivity index (χ4n) is 3.95. The van der Waals surface area contributed by atoms with Crippen LogP contribution in [0.15, 0.2) is 54.6 Å². The van der Waals surface area contributed by atoms with Gasteiger partial charge in [0.05, 0.1) is 0 Å². The van der Waals surface area contributed by atoms with Crippen LogP contribution in [-0.2, 0) is 5.54 Å². The Bertz CT molecular complexity index is 613. The van der Waals surface area contributed by atoms with Gasteiger partial charge in [-0.25, -0.2) is 0 Å². The van der Waals surface area contributed by atoms with Crippen molar-refractivity contribution in [3.05, 3.63) is 65.7 Å². The third-order valence-corrected chi connectivity index (χ3v) is 5.32. The standard InChI is InChI=1S/C20H25NO/c1-21(2)20(18-8-4-3-5-9-18)13-11-16(12-14-20)17-7-6-10-19(22)15-17/h3-10,15-16,22H,11-14H2,1-2H3/t16-,20-. The Kier molecular flexibility index (Phi) is 4.21. The van der Waals surface area contributed by atoms with Gasteiger partial charge < -0.3 is 5.11 Å². The number of benzene rings is 2. The SMILES string of the molecule is CN(C)[C@]1(c2ccccc2)CC[C@@H](c2cccc(O)c2)CC1. The highest BCUT2D eigenvalue weighted by Crippen LogP contribution is 2.46. The zero-order valence-corrected chi connectivity index (χ0v) is 13.5. The first-order valence-corrected chi connectivity index (χ1v) is 8.14. The van der Waals surface area contributed by atoms with Crippen LogP contribution in [0.2, 0.25) is 0 Å². The van der Waals surface area contributed by atoms with Gasteiger partial charge in [0.2, 0.25) is 0 Å². The maximum Gasteiger partial charge on any atom is 0.115 e. The van der Waals surface area contributed by atoms with Crippen LogP contribution >= 0.6 is 0 Å². The minimum absolute atomic E-state index is 0.147. The molecule has 0 radical (unpaired) electrons. The summed E-state index contributed by atoms with van der Waals surface area (Å²) in [6.07, 6.45) is 4.64. The number of phenols is 1. The van der Waals surface area contributed by atoms with Gasteiger partial charge in [-0.3, -0.25) is 4.90 Å². The molecular formula is C20H25NO. The summed E-state index contributed by atoms with van der Waals surface area (Å²) in [5.41, 5.74) is 2.85. The fraction of sp³-hybridized carbons (Fsp3) is 0.400. The molecule has 1 aliphatic carbocycles. The first-order chi connectivity index (χ1) is 10.6. The number of aromatic hydroxyl groups is 1. The molecule has 0 aromatic heterocycles. The van der Waals surface area contributed by atoms with Crippen LogP contribution in [0.3, 0.4) is 0 Å². The average molecular weight is 295 g/mol. The van der Waals surface area contributed by atoms with Crippen molar-refractivity contribution < 1.29 is 5.11 Å². The molecule has 2 aromatic rings. The zero-order valence-electron chi connectivity index (χ0n) is 13.5. The summed E-state index contributed by atoms with van der Waals surface area (Å²) in [7, 11) is 4.39. The maximum absolute atomic E-state index is 9.70. The van der Waals surface area contributed by atoms with Crippen LogP contribution in [0.5, 0.6) is 5.75 Å². The van der Waals surface area contributed by atoms with E-state index < -0.39 is 0 Å². The summed E-state index contributed by atoms with van der Waals surface area (Å²) in [5.74, 6) is 0.939. The van der Waals surface area contributed by atoms with Crippen molar-refractivity contribution in [2.45, 2.75) is 37.1 Å². The quantitative estimate of drug-likeness (QED) is 0.900. The van der Waals surface area contributed by atoms with Crippen molar-refractivity contribution in [3.63, 3.8) is 0 Å². The third kappa shape index (κ3) is 2.76. The fourth-order valence-corrected chi connectivity index (χ4v) is 3.95. The predicted octanol–water partition coefficient (Wildman–Crippen LogP) is 4.51. The van der Waals surface area contributed by atoms with Crippen molar-refractivity contribution in [1.29, 1.82) is 0 Å². The van der Waals surface area contributed by atoms with Gasteiger partial charge >= 0.3 is 0 Å². The Hall–Kier alpha value is -1.80. The van der Waals surface area contributed by atoms with Gasteiger partial charge in [-0.05, 0) is 69.0 Å². The highest BCUT2D eigenvalue weighted by atomic mass is 16.3. The molecule has 3 rings (SSSR count). The van der Waals surface area contributed by atoms with Crippen molar-refractivity contribution in [1.82, 2.24) is 4.90 Å². The summed E-state index contributed by atoms with van der Waals surface area (Å²) in [6.45, 7) is 0. The van der Waals surface area contributed by atoms with E-state index in [4.69, 9.17) is 0 Å². The molecule has 1 fully saturated rings. The van der Waals surface area contributed by atoms with Crippen LogP contribution in [-0.4, -0.2) is 24.1 Å². The molecule has 0 aliphatic heterocycles. The molecule has 0 spiro atoms. The molecule has 2 aromatic carbocycles. The van der Waals surface area contributed by atoms with Crippen LogP contribution in [0, 0.1) is 0 Å². The second-order valence-corrected chi connectivity index (χ2v) is 6.66. The lowest BCUT2D eigenvalue weighted by molar-refractivity contribution is 0.0909. The zero-order chi connectivity index (χ0) is 15.6. The van der Waals surface area contributed by atoms with E-state index in [0.29, 0.717) is 11.7 Å². The molecule has 0 bridgehead atoms. The second-order valence-electron chi connectivity index (χ2n) is 6.66. The summed E-state index contributed by atoms with van der Waals surface area (Å²) in [5, 5.41) is 9.70. The lowest BCUT2D eigenvalue weighted by atomic mass is 9.70. The molecule has 1 N–H and O–H groups in total. The second kappa shape index (κ2) is 6.13. The van der Waals surface area contributed by atoms with E-state index in [2.05, 4.69) is 55.4 Å². The summed E-state index contributed by atoms with van der Waals surface area (Å²) < 4.78 is 0. The number of phenolic OH excluding ortho intramolecular Hbond substituents is 1. The van der Waals surface area contributed by atoms with Crippen molar-refractivity contribution in [2.24, 2.45) is 0 Å². The molecular weight excluding hydrogens is 270 g/mol. The Morgan fingerprint density at radius 2 is 1.64 bits per heavy atom. The minimum atomic E-state index is 0.147. The number of hydrogen-bond donors (Lipinski definition) is 1. The highest BCUT2D eigenvalue weighted by Gasteiger charge is 2.38. The Morgan fingerprint density at radius 3 is 2.23 bits per heavy atom. The van der Waals surface area contributed by atoms with Gasteiger partial charge in [0, 0.05) is 5.54 Å². The van der Waals surface area contributed by atoms with Crippen molar-refractivity contribution >= 4 is 0 Å². The molecule has 0 saturated heterocycles. The smallest absolute Gasteiger partial charge is 0.115 e. The van der Waals surface area contributed by atoms with Crippen LogP contribution in [0.25, 0.3) is 0 Å². The van der Waals surface area contributed by atoms with Gasteiger partial charge in [0.1, 0.15) is 5.75 Å². The number of rotatable bonds is 3. The first-order valence-electron chi connectivity index (χ1n) is 8.14. The van der Waals surface area contributed by atoms with E-state index in [1.54, 1.807) is 6.07 Å². The number of nitrogens with zero attached hydrogens (tertiary/aromatic N) is 1. The molecule has 0 atom stereocenters. The number of hydrogen-bond acceptors (Lipinski definition) is 2. The molecule has 1 saturated carbocycles. The Morgan fingerprint density at radius 1 is 0.955 bits per heavy atom.